The minimum atomic E-state index is -0.762. The molecule has 1 atom stereocenters. The van der Waals surface area contributed by atoms with Gasteiger partial charge in [0.2, 0.25) is 0 Å². The summed E-state index contributed by atoms with van der Waals surface area (Å²) in [4.78, 5) is 10.9. The average molecular weight is 242 g/mol. The Hall–Kier alpha value is -1.06. The molecule has 1 heterocycles. The molecule has 2 rings (SSSR count). The van der Waals surface area contributed by atoms with E-state index in [-0.39, 0.29) is 12.4 Å². The van der Waals surface area contributed by atoms with Crippen molar-refractivity contribution >= 4 is 18.4 Å². The molecule has 0 aromatic heterocycles. The number of aliphatic carboxylic acids is 1. The zero-order valence-electron chi connectivity index (χ0n) is 9.19. The van der Waals surface area contributed by atoms with E-state index >= 15 is 0 Å². The summed E-state index contributed by atoms with van der Waals surface area (Å²) in [6.07, 6.45) is 1.59. The third-order valence-electron chi connectivity index (χ3n) is 2.94. The smallest absolute Gasteiger partial charge is 0.321 e. The van der Waals surface area contributed by atoms with Gasteiger partial charge in [0.15, 0.2) is 0 Å². The molecule has 0 radical (unpaired) electrons. The van der Waals surface area contributed by atoms with Crippen LogP contribution in [-0.4, -0.2) is 17.1 Å². The largest absolute Gasteiger partial charge is 0.480 e. The maximum absolute atomic E-state index is 10.9. The van der Waals surface area contributed by atoms with Crippen molar-refractivity contribution in [2.24, 2.45) is 0 Å². The van der Waals surface area contributed by atoms with Crippen molar-refractivity contribution < 1.29 is 9.90 Å². The number of carboxylic acid groups (broad SMARTS) is 1. The van der Waals surface area contributed by atoms with Gasteiger partial charge >= 0.3 is 5.97 Å². The molecular formula is C12H16ClNO2. The maximum Gasteiger partial charge on any atom is 0.321 e. The molecule has 0 saturated carbocycles. The van der Waals surface area contributed by atoms with Crippen LogP contribution in [0.3, 0.4) is 0 Å². The molecule has 0 unspecified atom stereocenters. The Balaban J connectivity index is 0.00000128. The highest BCUT2D eigenvalue weighted by atomic mass is 35.5. The van der Waals surface area contributed by atoms with Crippen molar-refractivity contribution in [3.8, 4) is 0 Å². The van der Waals surface area contributed by atoms with E-state index in [1.165, 1.54) is 16.7 Å². The van der Waals surface area contributed by atoms with Crippen molar-refractivity contribution in [1.29, 1.82) is 0 Å². The Morgan fingerprint density at radius 3 is 2.88 bits per heavy atom. The summed E-state index contributed by atoms with van der Waals surface area (Å²) in [5.41, 5.74) is 3.69. The minimum Gasteiger partial charge on any atom is -0.480 e. The molecule has 0 fully saturated rings. The molecule has 2 N–H and O–H groups in total. The first kappa shape index (κ1) is 13.0. The van der Waals surface area contributed by atoms with E-state index in [9.17, 15) is 4.79 Å². The van der Waals surface area contributed by atoms with Crippen LogP contribution in [-0.2, 0) is 24.2 Å². The standard InChI is InChI=1S/C12H15NO2.ClH/c1-2-8-3-4-9-7-13-11(12(14)15)6-10(9)5-8;/h3-5,11,13H,2,6-7H2,1H3,(H,14,15);1H/t11-;/m1./s1. The molecule has 3 nitrogen and oxygen atoms in total. The number of hydrogen-bond donors (Lipinski definition) is 2. The zero-order valence-corrected chi connectivity index (χ0v) is 10.0. The quantitative estimate of drug-likeness (QED) is 0.830. The molecule has 1 aromatic rings. The predicted molar refractivity (Wildman–Crippen MR) is 65.0 cm³/mol. The van der Waals surface area contributed by atoms with E-state index in [1.807, 2.05) is 0 Å². The van der Waals surface area contributed by atoms with Gasteiger partial charge in [-0.15, -0.1) is 12.4 Å². The Morgan fingerprint density at radius 1 is 1.50 bits per heavy atom. The lowest BCUT2D eigenvalue weighted by molar-refractivity contribution is -0.139. The average Bonchev–Trinajstić information content (AvgIpc) is 2.27. The van der Waals surface area contributed by atoms with Crippen LogP contribution < -0.4 is 5.32 Å². The Kier molecular flexibility index (Phi) is 4.33. The van der Waals surface area contributed by atoms with Gasteiger partial charge in [0.25, 0.3) is 0 Å². The molecule has 0 spiro atoms. The van der Waals surface area contributed by atoms with Crippen molar-refractivity contribution in [2.75, 3.05) is 0 Å². The van der Waals surface area contributed by atoms with Crippen LogP contribution in [0, 0.1) is 0 Å². The molecule has 4 heteroatoms. The van der Waals surface area contributed by atoms with Crippen LogP contribution in [0.4, 0.5) is 0 Å². The summed E-state index contributed by atoms with van der Waals surface area (Å²) in [6, 6.07) is 5.91. The molecule has 1 aliphatic rings. The Labute approximate surface area is 101 Å². The fourth-order valence-corrected chi connectivity index (χ4v) is 1.96. The molecule has 0 bridgehead atoms. The van der Waals surface area contributed by atoms with Crippen LogP contribution >= 0.6 is 12.4 Å². The van der Waals surface area contributed by atoms with Crippen LogP contribution in [0.2, 0.25) is 0 Å². The van der Waals surface area contributed by atoms with Gasteiger partial charge in [-0.2, -0.15) is 0 Å². The molecule has 0 amide bonds. The summed E-state index contributed by atoms with van der Waals surface area (Å²) >= 11 is 0. The van der Waals surface area contributed by atoms with Gasteiger partial charge in [-0.25, -0.2) is 0 Å². The zero-order chi connectivity index (χ0) is 10.8. The lowest BCUT2D eigenvalue weighted by atomic mass is 9.93. The third kappa shape index (κ3) is 2.54. The molecule has 0 aliphatic carbocycles. The van der Waals surface area contributed by atoms with Crippen molar-refractivity contribution in [3.05, 3.63) is 34.9 Å². The van der Waals surface area contributed by atoms with Crippen molar-refractivity contribution in [2.45, 2.75) is 32.4 Å². The van der Waals surface area contributed by atoms with Crippen LogP contribution in [0.1, 0.15) is 23.6 Å². The van der Waals surface area contributed by atoms with E-state index in [0.717, 1.165) is 6.42 Å². The number of halogens is 1. The topological polar surface area (TPSA) is 49.3 Å². The highest BCUT2D eigenvalue weighted by Crippen LogP contribution is 2.18. The van der Waals surface area contributed by atoms with Gasteiger partial charge in [0, 0.05) is 6.54 Å². The van der Waals surface area contributed by atoms with Gasteiger partial charge < -0.3 is 10.4 Å². The lowest BCUT2D eigenvalue weighted by Crippen LogP contribution is -2.41. The highest BCUT2D eigenvalue weighted by molar-refractivity contribution is 5.85. The van der Waals surface area contributed by atoms with Gasteiger partial charge in [-0.3, -0.25) is 4.79 Å². The Morgan fingerprint density at radius 2 is 2.25 bits per heavy atom. The monoisotopic (exact) mass is 241 g/mol. The van der Waals surface area contributed by atoms with E-state index in [1.54, 1.807) is 0 Å². The van der Waals surface area contributed by atoms with E-state index < -0.39 is 12.0 Å². The van der Waals surface area contributed by atoms with E-state index in [2.05, 4.69) is 30.4 Å². The van der Waals surface area contributed by atoms with Gasteiger partial charge in [-0.1, -0.05) is 25.1 Å². The number of benzene rings is 1. The molecule has 0 saturated heterocycles. The van der Waals surface area contributed by atoms with Crippen molar-refractivity contribution in [1.82, 2.24) is 5.32 Å². The molecule has 1 aromatic carbocycles. The first-order valence-electron chi connectivity index (χ1n) is 5.27. The molecule has 16 heavy (non-hydrogen) atoms. The summed E-state index contributed by atoms with van der Waals surface area (Å²) < 4.78 is 0. The fourth-order valence-electron chi connectivity index (χ4n) is 1.96. The number of nitrogens with one attached hydrogen (secondary N) is 1. The van der Waals surface area contributed by atoms with E-state index in [4.69, 9.17) is 5.11 Å². The van der Waals surface area contributed by atoms with Gasteiger partial charge in [0.1, 0.15) is 6.04 Å². The Bertz CT molecular complexity index is 393. The number of aryl methyl sites for hydroxylation is 1. The lowest BCUT2D eigenvalue weighted by Gasteiger charge is -2.23. The van der Waals surface area contributed by atoms with Crippen LogP contribution in [0.25, 0.3) is 0 Å². The molecule has 88 valence electrons. The third-order valence-corrected chi connectivity index (χ3v) is 2.94. The summed E-state index contributed by atoms with van der Waals surface area (Å²) in [7, 11) is 0. The van der Waals surface area contributed by atoms with Crippen LogP contribution in [0.15, 0.2) is 18.2 Å². The van der Waals surface area contributed by atoms with Crippen LogP contribution in [0.5, 0.6) is 0 Å². The number of fused-ring (bicyclic) bond motifs is 1. The first-order valence-corrected chi connectivity index (χ1v) is 5.27. The van der Waals surface area contributed by atoms with Gasteiger partial charge in [0.05, 0.1) is 0 Å². The summed E-state index contributed by atoms with van der Waals surface area (Å²) in [5, 5.41) is 11.9. The summed E-state index contributed by atoms with van der Waals surface area (Å²) in [6.45, 7) is 2.77. The molecule has 1 aliphatic heterocycles. The SMILES string of the molecule is CCc1ccc2c(c1)C[C@H](C(=O)O)NC2.Cl. The number of carbonyl (C=O) groups is 1. The predicted octanol–water partition coefficient (Wildman–Crippen LogP) is 1.77. The minimum absolute atomic E-state index is 0. The fraction of sp³-hybridized carbons (Fsp3) is 0.417. The number of rotatable bonds is 2. The number of hydrogen-bond acceptors (Lipinski definition) is 2. The van der Waals surface area contributed by atoms with E-state index in [0.29, 0.717) is 13.0 Å². The maximum atomic E-state index is 10.9. The first-order chi connectivity index (χ1) is 7.20. The second-order valence-corrected chi connectivity index (χ2v) is 3.93. The second kappa shape index (κ2) is 5.32. The second-order valence-electron chi connectivity index (χ2n) is 3.93. The summed E-state index contributed by atoms with van der Waals surface area (Å²) in [5.74, 6) is -0.762. The van der Waals surface area contributed by atoms with Gasteiger partial charge in [-0.05, 0) is 29.5 Å². The molecular weight excluding hydrogens is 226 g/mol. The highest BCUT2D eigenvalue weighted by Gasteiger charge is 2.23. The normalized spacial score (nSPS) is 18.4. The van der Waals surface area contributed by atoms with Crippen molar-refractivity contribution in [3.63, 3.8) is 0 Å². The number of carboxylic acids is 1.